The molecular formula is C8Cl3FN2. The van der Waals surface area contributed by atoms with Crippen LogP contribution in [0.15, 0.2) is 0 Å². The van der Waals surface area contributed by atoms with E-state index in [2.05, 4.69) is 4.85 Å². The molecule has 2 nitrogen and oxygen atoms in total. The molecular weight excluding hydrogens is 249 g/mol. The van der Waals surface area contributed by atoms with Crippen LogP contribution in [-0.4, -0.2) is 0 Å². The number of nitriles is 1. The van der Waals surface area contributed by atoms with E-state index in [1.54, 1.807) is 0 Å². The third kappa shape index (κ3) is 1.51. The fourth-order valence-electron chi connectivity index (χ4n) is 0.817. The van der Waals surface area contributed by atoms with Gasteiger partial charge in [-0.05, 0) is 0 Å². The summed E-state index contributed by atoms with van der Waals surface area (Å²) in [5, 5.41) is 7.82. The molecule has 0 saturated heterocycles. The molecule has 0 aliphatic carbocycles. The van der Waals surface area contributed by atoms with Gasteiger partial charge >= 0.3 is 0 Å². The Morgan fingerprint density at radius 1 is 1.21 bits per heavy atom. The molecule has 0 aliphatic rings. The Hall–Kier alpha value is -1.00. The molecule has 1 rings (SSSR count). The van der Waals surface area contributed by atoms with E-state index in [0.29, 0.717) is 0 Å². The highest BCUT2D eigenvalue weighted by Gasteiger charge is 2.21. The van der Waals surface area contributed by atoms with Gasteiger partial charge in [-0.3, -0.25) is 0 Å². The zero-order chi connectivity index (χ0) is 10.9. The maximum Gasteiger partial charge on any atom is 0.243 e. The molecule has 0 amide bonds. The molecule has 0 heterocycles. The number of benzene rings is 1. The van der Waals surface area contributed by atoms with E-state index in [4.69, 9.17) is 46.6 Å². The van der Waals surface area contributed by atoms with E-state index in [-0.39, 0.29) is 15.1 Å². The van der Waals surface area contributed by atoms with Crippen molar-refractivity contribution in [3.63, 3.8) is 0 Å². The minimum atomic E-state index is -1.04. The molecule has 0 aromatic heterocycles. The summed E-state index contributed by atoms with van der Waals surface area (Å²) in [5.74, 6) is -1.04. The van der Waals surface area contributed by atoms with Crippen molar-refractivity contribution in [3.05, 3.63) is 37.9 Å². The molecule has 0 saturated carbocycles. The van der Waals surface area contributed by atoms with Gasteiger partial charge in [0.1, 0.15) is 6.07 Å². The van der Waals surface area contributed by atoms with E-state index in [0.717, 1.165) is 0 Å². The first-order valence-electron chi connectivity index (χ1n) is 3.18. The summed E-state index contributed by atoms with van der Waals surface area (Å²) in [7, 11) is 0. The van der Waals surface area contributed by atoms with Crippen LogP contribution in [0.5, 0.6) is 0 Å². The second-order valence-corrected chi connectivity index (χ2v) is 3.34. The molecule has 0 spiro atoms. The van der Waals surface area contributed by atoms with Crippen molar-refractivity contribution in [2.75, 3.05) is 0 Å². The van der Waals surface area contributed by atoms with Gasteiger partial charge in [-0.15, -0.1) is 0 Å². The average Bonchev–Trinajstić information content (AvgIpc) is 2.16. The van der Waals surface area contributed by atoms with Crippen LogP contribution in [0.2, 0.25) is 15.1 Å². The molecule has 0 bridgehead atoms. The number of halogens is 4. The first kappa shape index (κ1) is 11.1. The predicted molar refractivity (Wildman–Crippen MR) is 52.4 cm³/mol. The summed E-state index contributed by atoms with van der Waals surface area (Å²) in [6.45, 7) is 6.65. The van der Waals surface area contributed by atoms with Gasteiger partial charge < -0.3 is 0 Å². The lowest BCUT2D eigenvalue weighted by molar-refractivity contribution is 0.630. The first-order chi connectivity index (χ1) is 6.54. The van der Waals surface area contributed by atoms with Crippen molar-refractivity contribution in [1.82, 2.24) is 0 Å². The van der Waals surface area contributed by atoms with Crippen molar-refractivity contribution in [3.8, 4) is 6.07 Å². The van der Waals surface area contributed by atoms with Crippen LogP contribution in [-0.2, 0) is 0 Å². The standard InChI is InChI=1S/C8Cl3FN2/c1-14-8-6(11)5(10)4(9)3(2-13)7(8)12. The van der Waals surface area contributed by atoms with Gasteiger partial charge in [-0.25, -0.2) is 9.24 Å². The number of rotatable bonds is 0. The Morgan fingerprint density at radius 2 is 1.79 bits per heavy atom. The Labute approximate surface area is 94.2 Å². The van der Waals surface area contributed by atoms with Crippen LogP contribution < -0.4 is 0 Å². The second-order valence-electron chi connectivity index (χ2n) is 2.20. The smallest absolute Gasteiger partial charge is 0.233 e. The van der Waals surface area contributed by atoms with Gasteiger partial charge in [0.15, 0.2) is 5.82 Å². The van der Waals surface area contributed by atoms with Gasteiger partial charge in [-0.2, -0.15) is 5.26 Å². The maximum atomic E-state index is 13.3. The van der Waals surface area contributed by atoms with Gasteiger partial charge in [0.2, 0.25) is 5.69 Å². The van der Waals surface area contributed by atoms with E-state index in [9.17, 15) is 4.39 Å². The second kappa shape index (κ2) is 4.02. The van der Waals surface area contributed by atoms with Crippen LogP contribution in [0.25, 0.3) is 4.85 Å². The molecule has 0 atom stereocenters. The highest BCUT2D eigenvalue weighted by molar-refractivity contribution is 6.49. The number of hydrogen-bond donors (Lipinski definition) is 0. The summed E-state index contributed by atoms with van der Waals surface area (Å²) in [5.41, 5.74) is -0.954. The van der Waals surface area contributed by atoms with Crippen molar-refractivity contribution in [2.45, 2.75) is 0 Å². The Bertz CT molecular complexity index is 444. The van der Waals surface area contributed by atoms with E-state index < -0.39 is 17.1 Å². The topological polar surface area (TPSA) is 28.1 Å². The first-order valence-corrected chi connectivity index (χ1v) is 4.31. The van der Waals surface area contributed by atoms with Gasteiger partial charge in [-0.1, -0.05) is 34.8 Å². The Balaban J connectivity index is 3.78. The van der Waals surface area contributed by atoms with Crippen LogP contribution >= 0.6 is 34.8 Å². The quantitative estimate of drug-likeness (QED) is 0.384. The third-order valence-corrected chi connectivity index (χ3v) is 2.78. The summed E-state index contributed by atoms with van der Waals surface area (Å²) in [4.78, 5) is 2.83. The largest absolute Gasteiger partial charge is 0.243 e. The van der Waals surface area contributed by atoms with Gasteiger partial charge in [0.05, 0.1) is 27.2 Å². The zero-order valence-electron chi connectivity index (χ0n) is 6.41. The van der Waals surface area contributed by atoms with Gasteiger partial charge in [0, 0.05) is 0 Å². The third-order valence-electron chi connectivity index (χ3n) is 1.46. The minimum Gasteiger partial charge on any atom is -0.233 e. The Morgan fingerprint density at radius 3 is 2.21 bits per heavy atom. The molecule has 0 unspecified atom stereocenters. The number of hydrogen-bond acceptors (Lipinski definition) is 1. The molecule has 0 aliphatic heterocycles. The lowest BCUT2D eigenvalue weighted by atomic mass is 10.2. The summed E-state index contributed by atoms with van der Waals surface area (Å²) >= 11 is 16.7. The normalized spacial score (nSPS) is 9.29. The van der Waals surface area contributed by atoms with E-state index in [1.807, 2.05) is 0 Å². The zero-order valence-corrected chi connectivity index (χ0v) is 8.67. The lowest BCUT2D eigenvalue weighted by Crippen LogP contribution is -1.88. The minimum absolute atomic E-state index is 0.183. The molecule has 0 N–H and O–H groups in total. The SMILES string of the molecule is [C-]#[N+]c1c(F)c(C#N)c(Cl)c(Cl)c1Cl. The molecule has 70 valence electrons. The molecule has 0 radical (unpaired) electrons. The van der Waals surface area contributed by atoms with Crippen molar-refractivity contribution >= 4 is 40.5 Å². The van der Waals surface area contributed by atoms with Crippen LogP contribution in [0.1, 0.15) is 5.56 Å². The molecule has 1 aromatic carbocycles. The predicted octanol–water partition coefficient (Wildman–Crippen LogP) is 4.21. The van der Waals surface area contributed by atoms with Crippen molar-refractivity contribution < 1.29 is 4.39 Å². The summed E-state index contributed by atoms with van der Waals surface area (Å²) in [6, 6.07) is 1.51. The van der Waals surface area contributed by atoms with Crippen molar-refractivity contribution in [2.24, 2.45) is 0 Å². The monoisotopic (exact) mass is 248 g/mol. The molecule has 14 heavy (non-hydrogen) atoms. The molecule has 6 heteroatoms. The summed E-state index contributed by atoms with van der Waals surface area (Å²) in [6.07, 6.45) is 0. The average molecular weight is 249 g/mol. The lowest BCUT2D eigenvalue weighted by Gasteiger charge is -2.05. The van der Waals surface area contributed by atoms with Crippen LogP contribution in [0.4, 0.5) is 10.1 Å². The van der Waals surface area contributed by atoms with Gasteiger partial charge in [0.25, 0.3) is 0 Å². The fourth-order valence-corrected chi connectivity index (χ4v) is 1.49. The molecule has 0 fully saturated rings. The Kier molecular flexibility index (Phi) is 3.18. The van der Waals surface area contributed by atoms with E-state index in [1.165, 1.54) is 6.07 Å². The van der Waals surface area contributed by atoms with Crippen LogP contribution in [0, 0.1) is 23.7 Å². The maximum absolute atomic E-state index is 13.3. The van der Waals surface area contributed by atoms with E-state index >= 15 is 0 Å². The fraction of sp³-hybridized carbons (Fsp3) is 0. The highest BCUT2D eigenvalue weighted by Crippen LogP contribution is 2.42. The highest BCUT2D eigenvalue weighted by atomic mass is 35.5. The number of nitrogens with zero attached hydrogens (tertiary/aromatic N) is 2. The molecule has 1 aromatic rings. The van der Waals surface area contributed by atoms with Crippen LogP contribution in [0.3, 0.4) is 0 Å². The van der Waals surface area contributed by atoms with Crippen molar-refractivity contribution in [1.29, 1.82) is 5.26 Å². The summed E-state index contributed by atoms with van der Waals surface area (Å²) < 4.78 is 13.3.